The van der Waals surface area contributed by atoms with E-state index in [4.69, 9.17) is 0 Å². The molecule has 1 fully saturated rings. The van der Waals surface area contributed by atoms with Gasteiger partial charge in [0.05, 0.1) is 11.0 Å². The number of pyridine rings is 1. The second-order valence-corrected chi connectivity index (χ2v) is 6.27. The van der Waals surface area contributed by atoms with Crippen molar-refractivity contribution in [3.63, 3.8) is 0 Å². The second kappa shape index (κ2) is 5.74. The molecule has 0 aliphatic carbocycles. The molecule has 4 nitrogen and oxygen atoms in total. The van der Waals surface area contributed by atoms with E-state index in [0.29, 0.717) is 12.1 Å². The molecule has 5 heteroatoms. The molecule has 0 unspecified atom stereocenters. The maximum atomic E-state index is 13.5. The van der Waals surface area contributed by atoms with Crippen LogP contribution in [-0.4, -0.2) is 33.4 Å². The van der Waals surface area contributed by atoms with Crippen molar-refractivity contribution in [1.29, 1.82) is 0 Å². The van der Waals surface area contributed by atoms with Crippen LogP contribution in [0.5, 0.6) is 0 Å². The lowest BCUT2D eigenvalue weighted by Gasteiger charge is -2.31. The summed E-state index contributed by atoms with van der Waals surface area (Å²) in [7, 11) is 0. The van der Waals surface area contributed by atoms with Crippen LogP contribution in [0.3, 0.4) is 0 Å². The predicted molar refractivity (Wildman–Crippen MR) is 91.1 cm³/mol. The normalized spacial score (nSPS) is 14.0. The van der Waals surface area contributed by atoms with Crippen molar-refractivity contribution in [3.05, 3.63) is 54.1 Å². The lowest BCUT2D eigenvalue weighted by atomic mass is 10.0. The molecule has 3 aromatic rings. The van der Waals surface area contributed by atoms with E-state index in [1.807, 2.05) is 33.9 Å². The van der Waals surface area contributed by atoms with Gasteiger partial charge in [-0.1, -0.05) is 6.07 Å². The van der Waals surface area contributed by atoms with Crippen molar-refractivity contribution < 1.29 is 9.18 Å². The van der Waals surface area contributed by atoms with Crippen LogP contribution < -0.4 is 0 Å². The number of nitrogens with zero attached hydrogens (tertiary/aromatic N) is 3. The van der Waals surface area contributed by atoms with Crippen LogP contribution in [-0.2, 0) is 11.3 Å². The van der Waals surface area contributed by atoms with Crippen LogP contribution in [0.4, 0.5) is 4.39 Å². The van der Waals surface area contributed by atoms with Crippen molar-refractivity contribution in [2.45, 2.75) is 19.9 Å². The third-order valence-electron chi connectivity index (χ3n) is 4.62. The zero-order valence-corrected chi connectivity index (χ0v) is 13.5. The Labute approximate surface area is 139 Å². The molecule has 0 radical (unpaired) electrons. The topological polar surface area (TPSA) is 38.1 Å². The summed E-state index contributed by atoms with van der Waals surface area (Å²) in [5.74, 6) is -0.0712. The highest BCUT2D eigenvalue weighted by atomic mass is 19.1. The zero-order chi connectivity index (χ0) is 16.7. The highest BCUT2D eigenvalue weighted by molar-refractivity contribution is 5.84. The third kappa shape index (κ3) is 2.56. The van der Waals surface area contributed by atoms with Crippen LogP contribution in [0.1, 0.15) is 12.0 Å². The van der Waals surface area contributed by atoms with Gasteiger partial charge in [-0.25, -0.2) is 4.39 Å². The van der Waals surface area contributed by atoms with Crippen molar-refractivity contribution in [1.82, 2.24) is 14.5 Å². The van der Waals surface area contributed by atoms with Gasteiger partial charge in [0, 0.05) is 31.0 Å². The summed E-state index contributed by atoms with van der Waals surface area (Å²) in [6, 6.07) is 8.97. The number of fused-ring (bicyclic) bond motifs is 1. The van der Waals surface area contributed by atoms with E-state index in [9.17, 15) is 9.18 Å². The zero-order valence-electron chi connectivity index (χ0n) is 13.5. The Morgan fingerprint density at radius 1 is 1.21 bits per heavy atom. The second-order valence-electron chi connectivity index (χ2n) is 6.27. The first kappa shape index (κ1) is 14.9. The average Bonchev–Trinajstić information content (AvgIpc) is 2.90. The number of halogens is 1. The third-order valence-corrected chi connectivity index (χ3v) is 4.62. The van der Waals surface area contributed by atoms with Crippen molar-refractivity contribution in [2.24, 2.45) is 0 Å². The molecule has 1 amide bonds. The number of aromatic nitrogens is 2. The minimum atomic E-state index is -0.212. The van der Waals surface area contributed by atoms with Gasteiger partial charge in [-0.3, -0.25) is 9.78 Å². The van der Waals surface area contributed by atoms with Gasteiger partial charge in [0.15, 0.2) is 0 Å². The summed E-state index contributed by atoms with van der Waals surface area (Å²) in [6.07, 6.45) is 4.78. The van der Waals surface area contributed by atoms with Gasteiger partial charge in [0.2, 0.25) is 5.91 Å². The van der Waals surface area contributed by atoms with Crippen LogP contribution in [0, 0.1) is 12.7 Å². The highest BCUT2D eigenvalue weighted by Crippen LogP contribution is 2.25. The summed E-state index contributed by atoms with van der Waals surface area (Å²) in [4.78, 5) is 18.6. The average molecular weight is 323 g/mol. The Hall–Kier alpha value is -2.69. The number of benzene rings is 1. The molecule has 3 heterocycles. The number of carbonyl (C=O) groups excluding carboxylic acids is 1. The quantitative estimate of drug-likeness (QED) is 0.741. The van der Waals surface area contributed by atoms with E-state index in [1.54, 1.807) is 19.2 Å². The summed E-state index contributed by atoms with van der Waals surface area (Å²) in [6.45, 7) is 3.79. The van der Waals surface area contributed by atoms with Crippen molar-refractivity contribution in [3.8, 4) is 11.1 Å². The first-order valence-electron chi connectivity index (χ1n) is 8.11. The number of amides is 1. The fourth-order valence-corrected chi connectivity index (χ4v) is 2.99. The van der Waals surface area contributed by atoms with E-state index in [-0.39, 0.29) is 11.7 Å². The molecule has 0 N–H and O–H groups in total. The molecular formula is C19H18FN3O. The number of likely N-dealkylation sites (tertiary alicyclic amines) is 1. The molecule has 0 spiro atoms. The number of hydrogen-bond donors (Lipinski definition) is 0. The first-order valence-corrected chi connectivity index (χ1v) is 8.11. The summed E-state index contributed by atoms with van der Waals surface area (Å²) in [5, 5.41) is 0. The SMILES string of the molecule is Cc1cc(-c2cnc3ccn(CC(=O)N4CCC4)c3c2)ccc1F. The molecule has 4 rings (SSSR count). The Kier molecular flexibility index (Phi) is 3.56. The molecule has 1 aliphatic heterocycles. The van der Waals surface area contributed by atoms with Crippen molar-refractivity contribution >= 4 is 16.9 Å². The smallest absolute Gasteiger partial charge is 0.242 e. The number of rotatable bonds is 3. The number of hydrogen-bond acceptors (Lipinski definition) is 2. The maximum Gasteiger partial charge on any atom is 0.242 e. The van der Waals surface area contributed by atoms with Crippen LogP contribution in [0.2, 0.25) is 0 Å². The molecule has 122 valence electrons. The Balaban J connectivity index is 1.69. The minimum Gasteiger partial charge on any atom is -0.341 e. The van der Waals surface area contributed by atoms with E-state index in [2.05, 4.69) is 4.98 Å². The minimum absolute atomic E-state index is 0.141. The van der Waals surface area contributed by atoms with E-state index >= 15 is 0 Å². The van der Waals surface area contributed by atoms with Gasteiger partial charge in [0.1, 0.15) is 12.4 Å². The standard InChI is InChI=1S/C19H18FN3O/c1-13-9-14(3-4-16(13)20)15-10-18-17(21-11-15)5-8-23(18)12-19(24)22-6-2-7-22/h3-5,8-11H,2,6-7,12H2,1H3. The van der Waals surface area contributed by atoms with Gasteiger partial charge in [-0.05, 0) is 48.7 Å². The number of aryl methyl sites for hydroxylation is 1. The van der Waals surface area contributed by atoms with Crippen LogP contribution >= 0.6 is 0 Å². The maximum absolute atomic E-state index is 13.5. The molecule has 1 aliphatic rings. The van der Waals surface area contributed by atoms with Gasteiger partial charge in [-0.15, -0.1) is 0 Å². The Morgan fingerprint density at radius 3 is 2.75 bits per heavy atom. The fraction of sp³-hybridized carbons (Fsp3) is 0.263. The lowest BCUT2D eigenvalue weighted by molar-refractivity contribution is -0.135. The monoisotopic (exact) mass is 323 g/mol. The summed E-state index contributed by atoms with van der Waals surface area (Å²) < 4.78 is 15.4. The first-order chi connectivity index (χ1) is 11.6. The van der Waals surface area contributed by atoms with Crippen LogP contribution in [0.15, 0.2) is 42.7 Å². The molecule has 24 heavy (non-hydrogen) atoms. The largest absolute Gasteiger partial charge is 0.341 e. The van der Waals surface area contributed by atoms with Gasteiger partial charge >= 0.3 is 0 Å². The number of carbonyl (C=O) groups is 1. The van der Waals surface area contributed by atoms with Gasteiger partial charge in [0.25, 0.3) is 0 Å². The molecule has 1 aromatic carbocycles. The van der Waals surface area contributed by atoms with Crippen molar-refractivity contribution in [2.75, 3.05) is 13.1 Å². The van der Waals surface area contributed by atoms with E-state index < -0.39 is 0 Å². The highest BCUT2D eigenvalue weighted by Gasteiger charge is 2.20. The molecule has 0 atom stereocenters. The van der Waals surface area contributed by atoms with E-state index in [1.165, 1.54) is 6.07 Å². The molecule has 2 aromatic heterocycles. The molecular weight excluding hydrogens is 305 g/mol. The predicted octanol–water partition coefficient (Wildman–Crippen LogP) is 3.38. The fourth-order valence-electron chi connectivity index (χ4n) is 2.99. The van der Waals surface area contributed by atoms with E-state index in [0.717, 1.165) is 41.7 Å². The Bertz CT molecular complexity index is 928. The lowest BCUT2D eigenvalue weighted by Crippen LogP contribution is -2.43. The molecule has 1 saturated heterocycles. The summed E-state index contributed by atoms with van der Waals surface area (Å²) in [5.41, 5.74) is 4.22. The van der Waals surface area contributed by atoms with Gasteiger partial charge in [-0.2, -0.15) is 0 Å². The van der Waals surface area contributed by atoms with Gasteiger partial charge < -0.3 is 9.47 Å². The molecule has 0 saturated carbocycles. The Morgan fingerprint density at radius 2 is 2.04 bits per heavy atom. The molecule has 0 bridgehead atoms. The summed E-state index contributed by atoms with van der Waals surface area (Å²) >= 11 is 0. The van der Waals surface area contributed by atoms with Crippen LogP contribution in [0.25, 0.3) is 22.2 Å².